The Balaban J connectivity index is -0.0000000290. The summed E-state index contributed by atoms with van der Waals surface area (Å²) in [4.78, 5) is 56.1. The second-order valence-corrected chi connectivity index (χ2v) is 61.4. The van der Waals surface area contributed by atoms with Crippen LogP contribution in [0.15, 0.2) is 22.3 Å². The van der Waals surface area contributed by atoms with Crippen molar-refractivity contribution in [3.8, 4) is 11.8 Å². The molecule has 0 N–H and O–H groups in total. The van der Waals surface area contributed by atoms with Crippen LogP contribution in [0.5, 0.6) is 0 Å². The summed E-state index contributed by atoms with van der Waals surface area (Å²) < 4.78 is 57.7. The fourth-order valence-corrected chi connectivity index (χ4v) is 10.0. The molecule has 3 amide bonds. The number of methoxy groups -OCH3 is 7. The molecule has 0 fully saturated rings. The van der Waals surface area contributed by atoms with Gasteiger partial charge in [0, 0.05) is 121 Å². The summed E-state index contributed by atoms with van der Waals surface area (Å²) in [5.41, 5.74) is 6.21. The van der Waals surface area contributed by atoms with Crippen LogP contribution in [-0.4, -0.2) is 274 Å². The minimum Gasteiger partial charge on any atom is -0.469 e. The van der Waals surface area contributed by atoms with E-state index in [2.05, 4.69) is 261 Å². The highest BCUT2D eigenvalue weighted by atomic mass is 32.2. The van der Waals surface area contributed by atoms with Crippen molar-refractivity contribution in [3.63, 3.8) is 0 Å². The summed E-state index contributed by atoms with van der Waals surface area (Å²) in [7, 11) is 27.7. The van der Waals surface area contributed by atoms with Gasteiger partial charge in [0.15, 0.2) is 30.7 Å². The number of amides is 3. The van der Waals surface area contributed by atoms with Crippen LogP contribution in [0.2, 0.25) is 119 Å². The molecule has 0 saturated heterocycles. The van der Waals surface area contributed by atoms with Gasteiger partial charge in [-0.1, -0.05) is 156 Å². The number of esters is 1. The zero-order valence-electron chi connectivity index (χ0n) is 89.2. The second-order valence-electron chi connectivity index (χ2n) is 37.0. The summed E-state index contributed by atoms with van der Waals surface area (Å²) in [5, 5.41) is 0. The first-order chi connectivity index (χ1) is 49.3. The molecule has 0 spiro atoms. The van der Waals surface area contributed by atoms with Gasteiger partial charge in [0.25, 0.3) is 0 Å². The molecule has 0 aliphatic heterocycles. The van der Waals surface area contributed by atoms with E-state index < -0.39 is 53.5 Å². The molecule has 0 atom stereocenters. The van der Waals surface area contributed by atoms with E-state index >= 15 is 0 Å². The third-order valence-electron chi connectivity index (χ3n) is 8.68. The first-order valence-electron chi connectivity index (χ1n) is 38.2. The SMILES string of the molecule is C.C.C.C.C.C.C.C.CB(C)C.CC#CC.CC(=O)N(C)C.CC(C)(C)C.CC(C)(C)OC(C)(C)C.CC(C)=C(C)C.CC(C)=C(C)C.CC(C)=O.CN(C)C.CN(C)C(=O)N(C)C.COC.COC(=O)OC.COC(C)(C)C.COC(C)(C)OC.COC(C)=O.CO[Si](C)(C)C.CO[Si](C)(C)OC.CSC.C[Si](C)(C)C.C[Si](C)(C)O[Si](C)(C)C. The molecular weight excluding hydrogens is 1630 g/mol. The topological polar surface area (TPSA) is 209 Å². The Kier molecular flexibility index (Phi) is 200. The number of carbonyl (C=O) groups excluding carboxylic acids is 5. The van der Waals surface area contributed by atoms with Gasteiger partial charge >= 0.3 is 26.7 Å². The van der Waals surface area contributed by atoms with E-state index in [0.717, 1.165) is 6.71 Å². The number of carbonyl (C=O) groups is 5. The van der Waals surface area contributed by atoms with Crippen molar-refractivity contribution in [2.75, 3.05) is 154 Å². The van der Waals surface area contributed by atoms with Gasteiger partial charge in [-0.05, 0) is 270 Å². The quantitative estimate of drug-likeness (QED) is 0.0763. The standard InChI is InChI=1S/C8H18O.C6H18OSi2.2C6H12.C5H12N2O.C5H12O2.C5H12O.C5H12.C4H9NO.C4H12O2Si.C4H12OSi.C4H12Si.C4H6.C3H9B.C3H9N.C3H6O3.C3H6O2.C3H6O.C2H6O.C2H6S.8CH4/c1-7(2,3)9-8(4,5)6;1-8(2,3)7-9(4,5)6;2*1-5(2)6(3)4;1-6(2)5(8)7(3)4;1-5(2,6-3)7-4;1-5(2,3)6-4;1-5(2,3)4;1-4(6)5(2)3;1-5-7(3,4)6-2;1-5-6(2,3)4;1-5(2,3)4;1-3-4-2;2*1-4(2)3;1-5-3(4)6-2;1-3(4)5-2;1-3(2)4;2*1-3-2;;;;;;;;/h2*1-6H3;2*1-4H3;1-4H3;1-4H3;1-4H3;1-4H3;1-3H3;1-4H3;1-4H3;1-4H3;1-2H3;2*1-3H3;1-2H3;1-2H3;1-2H3;2*1-2H3;8*1H4. The average Bonchev–Trinajstić information content (AvgIpc) is 0.910. The minimum atomic E-state index is -1.65. The van der Waals surface area contributed by atoms with E-state index in [1.807, 2.05) is 100 Å². The summed E-state index contributed by atoms with van der Waals surface area (Å²) in [5.74, 6) is 4.96. The summed E-state index contributed by atoms with van der Waals surface area (Å²) >= 11 is 1.75. The Morgan fingerprint density at radius 3 is 0.504 bits per heavy atom. The molecule has 0 aliphatic rings. The van der Waals surface area contributed by atoms with Crippen LogP contribution < -0.4 is 0 Å². The molecule has 0 saturated carbocycles. The van der Waals surface area contributed by atoms with Crippen molar-refractivity contribution in [3.05, 3.63) is 22.3 Å². The van der Waals surface area contributed by atoms with E-state index in [1.165, 1.54) is 86.0 Å². The lowest BCUT2D eigenvalue weighted by Crippen LogP contribution is -2.39. The van der Waals surface area contributed by atoms with E-state index in [1.54, 1.807) is 111 Å². The van der Waals surface area contributed by atoms with Crippen molar-refractivity contribution >= 4 is 89.9 Å². The van der Waals surface area contributed by atoms with Gasteiger partial charge in [-0.25, -0.2) is 9.59 Å². The smallest absolute Gasteiger partial charge is 0.469 e. The molecule has 0 aromatic rings. The fraction of sp³-hybridized carbons (Fsp3) is 0.882. The molecule has 0 rings (SSSR count). The van der Waals surface area contributed by atoms with Crippen molar-refractivity contribution in [2.45, 2.75) is 401 Å². The van der Waals surface area contributed by atoms with Gasteiger partial charge in [-0.15, -0.1) is 11.8 Å². The monoisotopic (exact) mass is 1870 g/mol. The van der Waals surface area contributed by atoms with Crippen LogP contribution in [0, 0.1) is 17.3 Å². The van der Waals surface area contributed by atoms with Gasteiger partial charge in [0.05, 0.1) is 38.1 Å². The number of ether oxygens (including phenoxy) is 8. The maximum absolute atomic E-state index is 10.7. The first-order valence-corrected chi connectivity index (χ1v) is 56.8. The normalized spacial score (nSPS) is 9.17. The molecular formula is C93H239BN4O17SSi5. The highest BCUT2D eigenvalue weighted by Gasteiger charge is 2.24. The van der Waals surface area contributed by atoms with Gasteiger partial charge in [0.2, 0.25) is 5.91 Å². The molecule has 0 aromatic carbocycles. The van der Waals surface area contributed by atoms with E-state index in [0.29, 0.717) is 5.41 Å². The molecule has 0 radical (unpaired) electrons. The van der Waals surface area contributed by atoms with Crippen LogP contribution in [0.4, 0.5) is 9.59 Å². The van der Waals surface area contributed by atoms with Crippen molar-refractivity contribution in [2.24, 2.45) is 5.41 Å². The number of ketones is 1. The number of rotatable bonds is 7. The predicted molar refractivity (Wildman–Crippen MR) is 578 cm³/mol. The molecule has 0 bridgehead atoms. The summed E-state index contributed by atoms with van der Waals surface area (Å²) in [6.45, 7) is 98.0. The van der Waals surface area contributed by atoms with Gasteiger partial charge in [-0.2, -0.15) is 11.8 Å². The van der Waals surface area contributed by atoms with Crippen LogP contribution in [0.25, 0.3) is 0 Å². The molecule has 0 aliphatic carbocycles. The first kappa shape index (κ1) is 200. The predicted octanol–water partition coefficient (Wildman–Crippen LogP) is 29.3. The Labute approximate surface area is 779 Å². The van der Waals surface area contributed by atoms with Crippen LogP contribution in [0.3, 0.4) is 0 Å². The lowest BCUT2D eigenvalue weighted by Gasteiger charge is -2.30. The lowest BCUT2D eigenvalue weighted by atomic mass is 9.58. The minimum absolute atomic E-state index is 0. The maximum Gasteiger partial charge on any atom is 0.507 e. The van der Waals surface area contributed by atoms with Crippen molar-refractivity contribution in [1.82, 2.24) is 19.6 Å². The van der Waals surface area contributed by atoms with E-state index in [4.69, 9.17) is 36.3 Å². The van der Waals surface area contributed by atoms with Crippen LogP contribution >= 0.6 is 11.8 Å². The largest absolute Gasteiger partial charge is 0.507 e. The third kappa shape index (κ3) is 529. The van der Waals surface area contributed by atoms with E-state index in [-0.39, 0.29) is 99.9 Å². The van der Waals surface area contributed by atoms with Crippen LogP contribution in [-0.2, 0) is 69.7 Å². The molecule has 0 unspecified atom stereocenters. The number of thioether (sulfide) groups is 1. The lowest BCUT2D eigenvalue weighted by molar-refractivity contribution is -0.178. The Morgan fingerprint density at radius 2 is 0.504 bits per heavy atom. The highest BCUT2D eigenvalue weighted by Crippen LogP contribution is 2.18. The van der Waals surface area contributed by atoms with Gasteiger partial charge < -0.3 is 79.7 Å². The molecule has 762 valence electrons. The Morgan fingerprint density at radius 1 is 0.355 bits per heavy atom. The number of Topliss-reactive ketones (excluding diaryl/α,β-unsaturated/α-hetero) is 1. The summed E-state index contributed by atoms with van der Waals surface area (Å²) in [6, 6.07) is 0.0185. The molecule has 0 heterocycles. The zero-order chi connectivity index (χ0) is 97.7. The number of allylic oxidation sites excluding steroid dienone is 4. The maximum atomic E-state index is 10.7. The highest BCUT2D eigenvalue weighted by molar-refractivity contribution is 7.97. The fourth-order valence-electron chi connectivity index (χ4n) is 2.49. The Hall–Kier alpha value is -2.71. The van der Waals surface area contributed by atoms with Crippen LogP contribution in [0.1, 0.15) is 260 Å². The summed E-state index contributed by atoms with van der Waals surface area (Å²) in [6.07, 6.45) is 3.43. The zero-order valence-corrected chi connectivity index (χ0v) is 95.0. The third-order valence-corrected chi connectivity index (χ3v) is 16.8. The average molecular weight is 1870 g/mol. The number of hydrogen-bond donors (Lipinski definition) is 0. The second kappa shape index (κ2) is 121. The molecule has 121 heavy (non-hydrogen) atoms. The molecule has 0 aromatic heterocycles. The number of nitrogens with zero attached hydrogens (tertiary/aromatic N) is 4. The number of urea groups is 1. The van der Waals surface area contributed by atoms with E-state index in [9.17, 15) is 24.0 Å². The van der Waals surface area contributed by atoms with Gasteiger partial charge in [-0.3, -0.25) is 9.59 Å². The molecule has 21 nitrogen and oxygen atoms in total. The Bertz CT molecular complexity index is 1930. The van der Waals surface area contributed by atoms with Crippen molar-refractivity contribution in [1.29, 1.82) is 0 Å². The van der Waals surface area contributed by atoms with Gasteiger partial charge in [0.1, 0.15) is 12.5 Å². The number of hydrogen-bond acceptors (Lipinski definition) is 19. The van der Waals surface area contributed by atoms with Crippen molar-refractivity contribution < 1.29 is 79.3 Å². The molecule has 28 heteroatoms.